The molecule has 0 saturated carbocycles. The van der Waals surface area contributed by atoms with Gasteiger partial charge in [0.25, 0.3) is 34.6 Å². The zero-order valence-electron chi connectivity index (χ0n) is 26.7. The van der Waals surface area contributed by atoms with E-state index in [0.29, 0.717) is 0 Å². The summed E-state index contributed by atoms with van der Waals surface area (Å²) in [5.74, 6) is -0.633. The van der Waals surface area contributed by atoms with Crippen LogP contribution >= 0.6 is 23.5 Å². The van der Waals surface area contributed by atoms with Crippen molar-refractivity contribution in [2.45, 2.75) is 43.8 Å². The standard InChI is InChI=1S/C22H32N10O16P3.Y/c1-8-3-9(45-19(8)32-7-30(2)12-16(32)27-22(24)29-18(12)36)4-43-49(37,38)47-51(41,42)48-50(39,40)44-5-10-13(33)14(34)20(46-10)31-6-25-11-15(31)26-21(23)28-17(11)35;/h3,6,8-10,13-14,19-20,33-34H,4-5,7H2,1-2H3,(H,37,38)(H,39,40)(H,41,42)(H3,23,26,28,35)(H3,24,27,29,36);/q-1;/p-3/t8?,9-,10+,13?,14?,19+,20+;/m0./s1. The maximum atomic E-state index is 12.4. The van der Waals surface area contributed by atoms with Gasteiger partial charge in [-0.1, -0.05) is 6.92 Å². The molecule has 8 N–H and O–H groups in total. The van der Waals surface area contributed by atoms with Crippen LogP contribution in [0.25, 0.3) is 11.2 Å². The van der Waals surface area contributed by atoms with Gasteiger partial charge in [0.15, 0.2) is 23.2 Å². The Hall–Kier alpha value is -2.22. The number of phosphoric ester groups is 2. The van der Waals surface area contributed by atoms with Gasteiger partial charge in [0.2, 0.25) is 11.9 Å². The molecule has 0 aromatic carbocycles. The number of rotatable bonds is 12. The number of anilines is 4. The van der Waals surface area contributed by atoms with Gasteiger partial charge >= 0.3 is 0 Å². The summed E-state index contributed by atoms with van der Waals surface area (Å²) in [6.07, 6.45) is -6.02. The van der Waals surface area contributed by atoms with Crippen molar-refractivity contribution in [3.8, 4) is 0 Å². The summed E-state index contributed by atoms with van der Waals surface area (Å²) in [6, 6.07) is 0. The van der Waals surface area contributed by atoms with Crippen molar-refractivity contribution in [3.05, 3.63) is 33.5 Å². The maximum absolute atomic E-state index is 12.4. The number of aromatic nitrogens is 6. The summed E-state index contributed by atoms with van der Waals surface area (Å²) >= 11 is 0. The van der Waals surface area contributed by atoms with E-state index >= 15 is 0 Å². The van der Waals surface area contributed by atoms with Gasteiger partial charge in [0, 0.05) is 39.8 Å². The maximum Gasteiger partial charge on any atom is 0.280 e. The summed E-state index contributed by atoms with van der Waals surface area (Å²) < 4.78 is 66.0. The molecule has 0 amide bonds. The van der Waals surface area contributed by atoms with E-state index in [1.54, 1.807) is 23.8 Å². The van der Waals surface area contributed by atoms with Crippen molar-refractivity contribution < 1.29 is 98.4 Å². The van der Waals surface area contributed by atoms with E-state index in [1.165, 1.54) is 6.42 Å². The number of aliphatic hydroxyl groups is 2. The zero-order valence-corrected chi connectivity index (χ0v) is 32.2. The van der Waals surface area contributed by atoms with E-state index in [-0.39, 0.29) is 73.9 Å². The Kier molecular flexibility index (Phi) is 11.9. The van der Waals surface area contributed by atoms with Gasteiger partial charge in [0.05, 0.1) is 26.2 Å². The molecule has 0 spiro atoms. The number of phosphoric acid groups is 3. The number of imidazole rings is 1. The first-order valence-corrected chi connectivity index (χ1v) is 18.9. The fraction of sp³-hybridized carbons (Fsp3) is 0.545. The Bertz CT molecular complexity index is 2090. The molecule has 6 unspecified atom stereocenters. The van der Waals surface area contributed by atoms with Crippen LogP contribution in [0.1, 0.15) is 13.2 Å². The topological polar surface area (TPSA) is 384 Å². The molecule has 3 aromatic heterocycles. The molecule has 0 bridgehead atoms. The van der Waals surface area contributed by atoms with Gasteiger partial charge in [-0.2, -0.15) is 9.97 Å². The van der Waals surface area contributed by atoms with Gasteiger partial charge in [-0.25, -0.2) is 13.6 Å². The first kappa shape index (κ1) is 41.0. The molecular formula is C22H29N10O16P3Y-4. The van der Waals surface area contributed by atoms with Crippen LogP contribution in [0, 0.1) is 12.3 Å². The molecule has 3 aliphatic heterocycles. The van der Waals surface area contributed by atoms with Gasteiger partial charge < -0.3 is 64.7 Å². The van der Waals surface area contributed by atoms with Crippen molar-refractivity contribution in [1.82, 2.24) is 29.5 Å². The second kappa shape index (κ2) is 15.1. The van der Waals surface area contributed by atoms with Crippen LogP contribution in [0.15, 0.2) is 15.9 Å². The normalized spacial score (nSPS) is 29.4. The van der Waals surface area contributed by atoms with Crippen molar-refractivity contribution in [3.63, 3.8) is 0 Å². The van der Waals surface area contributed by atoms with Crippen LogP contribution in [-0.2, 0) is 73.5 Å². The number of H-pyrrole nitrogens is 2. The van der Waals surface area contributed by atoms with E-state index in [2.05, 4.69) is 42.6 Å². The Morgan fingerprint density at radius 1 is 0.962 bits per heavy atom. The van der Waals surface area contributed by atoms with Crippen LogP contribution in [0.4, 0.5) is 23.4 Å². The molecule has 26 nitrogen and oxygen atoms in total. The van der Waals surface area contributed by atoms with Crippen LogP contribution in [0.2, 0.25) is 0 Å². The van der Waals surface area contributed by atoms with E-state index in [4.69, 9.17) is 20.9 Å². The van der Waals surface area contributed by atoms with Crippen molar-refractivity contribution in [1.29, 1.82) is 0 Å². The third-order valence-electron chi connectivity index (χ3n) is 7.76. The molecular weight excluding hydrogens is 842 g/mol. The van der Waals surface area contributed by atoms with Crippen LogP contribution in [-0.4, -0.2) is 97.3 Å². The zero-order chi connectivity index (χ0) is 37.2. The first-order chi connectivity index (χ1) is 23.7. The number of hydrogen-bond acceptors (Lipinski definition) is 23. The second-order valence-electron chi connectivity index (χ2n) is 11.5. The Morgan fingerprint density at radius 2 is 1.58 bits per heavy atom. The summed E-state index contributed by atoms with van der Waals surface area (Å²) in [5, 5.41) is 20.9. The minimum Gasteiger partial charge on any atom is -0.756 e. The number of nitrogens with two attached hydrogens (primary N) is 2. The van der Waals surface area contributed by atoms with E-state index in [9.17, 15) is 48.2 Å². The molecule has 1 radical (unpaired) electrons. The molecule has 2 fully saturated rings. The summed E-state index contributed by atoms with van der Waals surface area (Å²) in [7, 11) is -16.4. The van der Waals surface area contributed by atoms with Gasteiger partial charge in [-0.05, 0) is 6.10 Å². The number of fused-ring (bicyclic) bond motifs is 2. The number of nitrogens with zero attached hydrogens (tertiary/aromatic N) is 6. The molecule has 52 heavy (non-hydrogen) atoms. The first-order valence-electron chi connectivity index (χ1n) is 14.5. The SMILES string of the molecule is CC1[CH-][C@@H](COP(=O)([O-])OP(=O)([O-])OP(=O)([O-])OC[C@H]2O[C@@H](n3cnc4c(=O)[nH]c(N)nc43)C(O)C2O)O[C@H]1N1CN(C)c2c1nc(N)[nH]c2=O.[Y]. The minimum atomic E-state index is -6.25. The molecule has 3 aliphatic rings. The molecule has 6 rings (SSSR count). The average Bonchev–Trinajstić information content (AvgIpc) is 3.74. The predicted octanol–water partition coefficient (Wildman–Crippen LogP) is -4.07. The molecule has 6 heterocycles. The number of nitrogen functional groups attached to an aromatic ring is 2. The Balaban J connectivity index is 0.00000523. The summed E-state index contributed by atoms with van der Waals surface area (Å²) in [4.78, 5) is 81.0. The smallest absolute Gasteiger partial charge is 0.280 e. The van der Waals surface area contributed by atoms with Gasteiger partial charge in [0.1, 0.15) is 30.2 Å². The van der Waals surface area contributed by atoms with Crippen LogP contribution in [0.3, 0.4) is 0 Å². The van der Waals surface area contributed by atoms with Crippen LogP contribution in [0.5, 0.6) is 0 Å². The summed E-state index contributed by atoms with van der Waals surface area (Å²) in [6.45, 7) is -0.0834. The van der Waals surface area contributed by atoms with E-state index < -0.39 is 90.6 Å². The minimum absolute atomic E-state index is 0. The Labute approximate surface area is 316 Å². The molecule has 285 valence electrons. The van der Waals surface area contributed by atoms with Crippen LogP contribution < -0.4 is 47.1 Å². The third kappa shape index (κ3) is 8.52. The molecule has 30 heteroatoms. The number of ether oxygens (including phenoxy) is 2. The van der Waals surface area contributed by atoms with Gasteiger partial charge in [-0.15, -0.1) is 5.92 Å². The number of aromatic amines is 2. The number of hydrogen-bond donors (Lipinski definition) is 6. The largest absolute Gasteiger partial charge is 0.756 e. The fourth-order valence-electron chi connectivity index (χ4n) is 5.68. The fourth-order valence-corrected chi connectivity index (χ4v) is 9.06. The second-order valence-corrected chi connectivity index (χ2v) is 16.0. The monoisotopic (exact) mass is 871 g/mol. The quantitative estimate of drug-likeness (QED) is 0.0744. The molecule has 0 aliphatic carbocycles. The predicted molar refractivity (Wildman–Crippen MR) is 163 cm³/mol. The Morgan fingerprint density at radius 3 is 2.25 bits per heavy atom. The number of nitrogens with one attached hydrogen (secondary N) is 2. The molecule has 3 aromatic rings. The summed E-state index contributed by atoms with van der Waals surface area (Å²) in [5.41, 5.74) is 9.88. The third-order valence-corrected chi connectivity index (χ3v) is 11.9. The van der Waals surface area contributed by atoms with Crippen molar-refractivity contribution in [2.75, 3.05) is 48.2 Å². The molecule has 2 saturated heterocycles. The van der Waals surface area contributed by atoms with Gasteiger partial charge in [-0.3, -0.25) is 44.2 Å². The average molecular weight is 871 g/mol. The van der Waals surface area contributed by atoms with E-state index in [1.807, 2.05) is 0 Å². The number of aliphatic hydroxyl groups excluding tert-OH is 2. The van der Waals surface area contributed by atoms with Crippen molar-refractivity contribution in [2.24, 2.45) is 5.92 Å². The van der Waals surface area contributed by atoms with E-state index in [0.717, 1.165) is 10.9 Å². The molecule has 10 atom stereocenters. The van der Waals surface area contributed by atoms with Crippen molar-refractivity contribution >= 4 is 58.0 Å².